The Morgan fingerprint density at radius 1 is 1.05 bits per heavy atom. The van der Waals surface area contributed by atoms with Gasteiger partial charge in [-0.25, -0.2) is 0 Å². The van der Waals surface area contributed by atoms with Crippen molar-refractivity contribution in [2.45, 2.75) is 6.10 Å². The molecule has 3 rings (SSSR count). The lowest BCUT2D eigenvalue weighted by atomic mass is 10.1. The van der Waals surface area contributed by atoms with Gasteiger partial charge in [-0.2, -0.15) is 0 Å². The van der Waals surface area contributed by atoms with E-state index in [0.29, 0.717) is 6.54 Å². The molecular formula is C17H18N2O2. The lowest BCUT2D eigenvalue weighted by Crippen LogP contribution is -2.22. The highest BCUT2D eigenvalue weighted by Crippen LogP contribution is 2.25. The summed E-state index contributed by atoms with van der Waals surface area (Å²) in [6.45, 7) is 0.0996. The van der Waals surface area contributed by atoms with Crippen molar-refractivity contribution in [1.29, 1.82) is 0 Å². The van der Waals surface area contributed by atoms with Crippen LogP contribution < -0.4 is 5.32 Å². The molecule has 0 aliphatic carbocycles. The number of aliphatic hydroxyl groups excluding tert-OH is 2. The molecule has 0 saturated heterocycles. The number of aromatic amines is 1. The SMILES string of the molecule is OCC(O)CNc1ccc(-c2cc3ccccc3[nH]2)cc1. The molecule has 4 N–H and O–H groups in total. The Hall–Kier alpha value is -2.30. The number of hydrogen-bond acceptors (Lipinski definition) is 3. The fourth-order valence-corrected chi connectivity index (χ4v) is 2.30. The predicted molar refractivity (Wildman–Crippen MR) is 85.3 cm³/mol. The highest BCUT2D eigenvalue weighted by molar-refractivity contribution is 5.85. The quantitative estimate of drug-likeness (QED) is 0.581. The van der Waals surface area contributed by atoms with E-state index in [0.717, 1.165) is 22.5 Å². The Bertz CT molecular complexity index is 686. The molecule has 0 spiro atoms. The number of aliphatic hydroxyl groups is 2. The molecule has 21 heavy (non-hydrogen) atoms. The summed E-state index contributed by atoms with van der Waals surface area (Å²) >= 11 is 0. The lowest BCUT2D eigenvalue weighted by Gasteiger charge is -2.10. The largest absolute Gasteiger partial charge is 0.394 e. The van der Waals surface area contributed by atoms with Crippen molar-refractivity contribution in [2.75, 3.05) is 18.5 Å². The minimum Gasteiger partial charge on any atom is -0.394 e. The van der Waals surface area contributed by atoms with E-state index in [1.165, 1.54) is 5.39 Å². The summed E-state index contributed by atoms with van der Waals surface area (Å²) in [6, 6.07) is 18.3. The Labute approximate surface area is 123 Å². The van der Waals surface area contributed by atoms with Crippen LogP contribution in [0.1, 0.15) is 0 Å². The molecule has 0 bridgehead atoms. The molecule has 0 amide bonds. The molecule has 1 heterocycles. The van der Waals surface area contributed by atoms with Crippen LogP contribution in [0.5, 0.6) is 0 Å². The monoisotopic (exact) mass is 282 g/mol. The van der Waals surface area contributed by atoms with Gasteiger partial charge in [-0.15, -0.1) is 0 Å². The summed E-state index contributed by atoms with van der Waals surface area (Å²) in [7, 11) is 0. The Morgan fingerprint density at radius 2 is 1.81 bits per heavy atom. The number of fused-ring (bicyclic) bond motifs is 1. The lowest BCUT2D eigenvalue weighted by molar-refractivity contribution is 0.105. The van der Waals surface area contributed by atoms with Gasteiger partial charge in [0.25, 0.3) is 0 Å². The highest BCUT2D eigenvalue weighted by Gasteiger charge is 2.04. The van der Waals surface area contributed by atoms with Gasteiger partial charge in [0.05, 0.1) is 12.7 Å². The van der Waals surface area contributed by atoms with E-state index < -0.39 is 6.10 Å². The number of aromatic nitrogens is 1. The van der Waals surface area contributed by atoms with E-state index in [-0.39, 0.29) is 6.61 Å². The number of benzene rings is 2. The summed E-state index contributed by atoms with van der Waals surface area (Å²) in [5.74, 6) is 0. The summed E-state index contributed by atoms with van der Waals surface area (Å²) in [6.07, 6.45) is -0.738. The first-order valence-electron chi connectivity index (χ1n) is 6.97. The standard InChI is InChI=1S/C17H18N2O2/c20-11-15(21)10-18-14-7-5-12(6-8-14)17-9-13-3-1-2-4-16(13)19-17/h1-9,15,18-21H,10-11H2. The number of rotatable bonds is 5. The molecule has 1 aromatic heterocycles. The van der Waals surface area contributed by atoms with Crippen LogP contribution in [0.15, 0.2) is 54.6 Å². The maximum absolute atomic E-state index is 9.31. The van der Waals surface area contributed by atoms with Crippen molar-refractivity contribution >= 4 is 16.6 Å². The zero-order chi connectivity index (χ0) is 14.7. The molecule has 1 atom stereocenters. The Balaban J connectivity index is 1.77. The molecule has 108 valence electrons. The summed E-state index contributed by atoms with van der Waals surface area (Å²) in [5, 5.41) is 22.4. The third-order valence-electron chi connectivity index (χ3n) is 3.48. The van der Waals surface area contributed by atoms with Gasteiger partial charge in [0.1, 0.15) is 0 Å². The van der Waals surface area contributed by atoms with Crippen LogP contribution in [0.4, 0.5) is 5.69 Å². The molecular weight excluding hydrogens is 264 g/mol. The van der Waals surface area contributed by atoms with Crippen LogP contribution in [0, 0.1) is 0 Å². The average Bonchev–Trinajstić information content (AvgIpc) is 2.97. The maximum Gasteiger partial charge on any atom is 0.0942 e. The van der Waals surface area contributed by atoms with E-state index in [2.05, 4.69) is 28.5 Å². The van der Waals surface area contributed by atoms with E-state index in [9.17, 15) is 5.11 Å². The first kappa shape index (κ1) is 13.7. The van der Waals surface area contributed by atoms with Gasteiger partial charge in [0.15, 0.2) is 0 Å². The number of H-pyrrole nitrogens is 1. The topological polar surface area (TPSA) is 68.3 Å². The number of anilines is 1. The first-order valence-corrected chi connectivity index (χ1v) is 6.97. The highest BCUT2D eigenvalue weighted by atomic mass is 16.3. The Morgan fingerprint density at radius 3 is 2.52 bits per heavy atom. The van der Waals surface area contributed by atoms with Crippen LogP contribution in [0.2, 0.25) is 0 Å². The van der Waals surface area contributed by atoms with Crippen molar-refractivity contribution in [2.24, 2.45) is 0 Å². The third-order valence-corrected chi connectivity index (χ3v) is 3.48. The van der Waals surface area contributed by atoms with Crippen LogP contribution in [0.3, 0.4) is 0 Å². The van der Waals surface area contributed by atoms with Gasteiger partial charge in [0, 0.05) is 28.8 Å². The van der Waals surface area contributed by atoms with Gasteiger partial charge < -0.3 is 20.5 Å². The van der Waals surface area contributed by atoms with Gasteiger partial charge in [-0.1, -0.05) is 30.3 Å². The normalized spacial score (nSPS) is 12.5. The van der Waals surface area contributed by atoms with Gasteiger partial charge in [-0.05, 0) is 29.8 Å². The molecule has 1 unspecified atom stereocenters. The summed E-state index contributed by atoms with van der Waals surface area (Å²) < 4.78 is 0. The van der Waals surface area contributed by atoms with E-state index in [4.69, 9.17) is 5.11 Å². The first-order chi connectivity index (χ1) is 10.3. The van der Waals surface area contributed by atoms with E-state index in [1.54, 1.807) is 0 Å². The molecule has 0 aliphatic rings. The van der Waals surface area contributed by atoms with E-state index in [1.807, 2.05) is 36.4 Å². The Kier molecular flexibility index (Phi) is 3.90. The molecule has 4 nitrogen and oxygen atoms in total. The molecule has 3 aromatic rings. The predicted octanol–water partition coefficient (Wildman–Crippen LogP) is 2.60. The van der Waals surface area contributed by atoms with Crippen molar-refractivity contribution in [3.05, 3.63) is 54.6 Å². The number of nitrogens with one attached hydrogen (secondary N) is 2. The van der Waals surface area contributed by atoms with E-state index >= 15 is 0 Å². The van der Waals surface area contributed by atoms with Gasteiger partial charge >= 0.3 is 0 Å². The smallest absolute Gasteiger partial charge is 0.0942 e. The zero-order valence-electron chi connectivity index (χ0n) is 11.6. The molecule has 0 saturated carbocycles. The second-order valence-corrected chi connectivity index (χ2v) is 5.06. The second kappa shape index (κ2) is 5.99. The van der Waals surface area contributed by atoms with Crippen LogP contribution in [-0.4, -0.2) is 34.5 Å². The fraction of sp³-hybridized carbons (Fsp3) is 0.176. The second-order valence-electron chi connectivity index (χ2n) is 5.06. The van der Waals surface area contributed by atoms with Crippen molar-refractivity contribution in [1.82, 2.24) is 4.98 Å². The fourth-order valence-electron chi connectivity index (χ4n) is 2.30. The van der Waals surface area contributed by atoms with Gasteiger partial charge in [0.2, 0.25) is 0 Å². The minimum atomic E-state index is -0.738. The van der Waals surface area contributed by atoms with Crippen LogP contribution >= 0.6 is 0 Å². The van der Waals surface area contributed by atoms with Crippen LogP contribution in [0.25, 0.3) is 22.2 Å². The number of hydrogen-bond donors (Lipinski definition) is 4. The van der Waals surface area contributed by atoms with Crippen molar-refractivity contribution < 1.29 is 10.2 Å². The molecule has 0 aliphatic heterocycles. The third kappa shape index (κ3) is 3.07. The van der Waals surface area contributed by atoms with Crippen LogP contribution in [-0.2, 0) is 0 Å². The minimum absolute atomic E-state index is 0.236. The van der Waals surface area contributed by atoms with Gasteiger partial charge in [-0.3, -0.25) is 0 Å². The summed E-state index contributed by atoms with van der Waals surface area (Å²) in [4.78, 5) is 3.40. The van der Waals surface area contributed by atoms with Crippen molar-refractivity contribution in [3.63, 3.8) is 0 Å². The zero-order valence-corrected chi connectivity index (χ0v) is 11.6. The molecule has 4 heteroatoms. The molecule has 2 aromatic carbocycles. The molecule has 0 fully saturated rings. The maximum atomic E-state index is 9.31. The van der Waals surface area contributed by atoms with Crippen molar-refractivity contribution in [3.8, 4) is 11.3 Å². The molecule has 0 radical (unpaired) electrons. The summed E-state index contributed by atoms with van der Waals surface area (Å²) in [5.41, 5.74) is 4.24. The average molecular weight is 282 g/mol. The number of para-hydroxylation sites is 1.